The van der Waals surface area contributed by atoms with Gasteiger partial charge in [0.1, 0.15) is 10.0 Å². The summed E-state index contributed by atoms with van der Waals surface area (Å²) < 4.78 is 61.7. The fourth-order valence-electron chi connectivity index (χ4n) is 1.46. The Labute approximate surface area is 149 Å². The molecule has 0 amide bonds. The van der Waals surface area contributed by atoms with Crippen LogP contribution in [0.25, 0.3) is 0 Å². The smallest absolute Gasteiger partial charge is 0.291 e. The van der Waals surface area contributed by atoms with Crippen molar-refractivity contribution in [2.24, 2.45) is 0 Å². The number of nitrogens with zero attached hydrogens (tertiary/aromatic N) is 2. The summed E-state index contributed by atoms with van der Waals surface area (Å²) in [7, 11) is -4.20. The SMILES string of the molecule is O=S(=O)(NNc1ncc(C(F)(F)F)cc1Cl)c1ccc(Cl)nc1Cl. The van der Waals surface area contributed by atoms with E-state index in [9.17, 15) is 21.6 Å². The van der Waals surface area contributed by atoms with Gasteiger partial charge in [0.25, 0.3) is 10.0 Å². The third-order valence-corrected chi connectivity index (χ3v) is 4.72. The summed E-state index contributed by atoms with van der Waals surface area (Å²) in [6.07, 6.45) is -4.13. The molecule has 2 rings (SSSR count). The van der Waals surface area contributed by atoms with Crippen LogP contribution in [-0.4, -0.2) is 18.4 Å². The average Bonchev–Trinajstić information content (AvgIpc) is 2.44. The van der Waals surface area contributed by atoms with Crippen molar-refractivity contribution in [1.29, 1.82) is 0 Å². The van der Waals surface area contributed by atoms with Crippen LogP contribution in [0, 0.1) is 0 Å². The Hall–Kier alpha value is -1.33. The van der Waals surface area contributed by atoms with Gasteiger partial charge in [0.05, 0.1) is 10.6 Å². The molecule has 0 aliphatic heterocycles. The van der Waals surface area contributed by atoms with Crippen LogP contribution in [0.3, 0.4) is 0 Å². The number of sulfonamides is 1. The summed E-state index contributed by atoms with van der Waals surface area (Å²) in [4.78, 5) is 8.46. The maximum Gasteiger partial charge on any atom is 0.417 e. The van der Waals surface area contributed by atoms with E-state index in [0.717, 1.165) is 6.07 Å². The molecular formula is C11H6Cl3F3N4O2S. The molecule has 2 aromatic rings. The minimum Gasteiger partial charge on any atom is -0.291 e. The van der Waals surface area contributed by atoms with Crippen molar-refractivity contribution in [3.05, 3.63) is 45.3 Å². The number of hydrazine groups is 1. The van der Waals surface area contributed by atoms with Gasteiger partial charge in [-0.1, -0.05) is 34.8 Å². The van der Waals surface area contributed by atoms with Gasteiger partial charge in [0, 0.05) is 6.20 Å². The number of rotatable bonds is 4. The van der Waals surface area contributed by atoms with E-state index in [0.29, 0.717) is 12.3 Å². The first-order valence-electron chi connectivity index (χ1n) is 5.83. The number of anilines is 1. The highest BCUT2D eigenvalue weighted by Crippen LogP contribution is 2.32. The predicted molar refractivity (Wildman–Crippen MR) is 82.5 cm³/mol. The van der Waals surface area contributed by atoms with Crippen LogP contribution in [0.2, 0.25) is 15.3 Å². The third kappa shape index (κ3) is 4.39. The van der Waals surface area contributed by atoms with E-state index in [-0.39, 0.29) is 16.1 Å². The Bertz CT molecular complexity index is 877. The lowest BCUT2D eigenvalue weighted by Crippen LogP contribution is -2.30. The van der Waals surface area contributed by atoms with Crippen LogP contribution in [0.1, 0.15) is 5.56 Å². The van der Waals surface area contributed by atoms with Crippen molar-refractivity contribution in [3.8, 4) is 0 Å². The van der Waals surface area contributed by atoms with Gasteiger partial charge in [-0.3, -0.25) is 5.43 Å². The highest BCUT2D eigenvalue weighted by Gasteiger charge is 2.31. The summed E-state index contributed by atoms with van der Waals surface area (Å²) in [6.45, 7) is 0. The minimum atomic E-state index is -4.63. The van der Waals surface area contributed by atoms with Crippen LogP contribution in [0.15, 0.2) is 29.3 Å². The number of alkyl halides is 3. The molecule has 24 heavy (non-hydrogen) atoms. The van der Waals surface area contributed by atoms with Gasteiger partial charge in [0.2, 0.25) is 0 Å². The summed E-state index contributed by atoms with van der Waals surface area (Å²) in [5, 5.41) is -0.838. The summed E-state index contributed by atoms with van der Waals surface area (Å²) >= 11 is 16.9. The van der Waals surface area contributed by atoms with Gasteiger partial charge in [0.15, 0.2) is 11.0 Å². The van der Waals surface area contributed by atoms with Crippen LogP contribution in [0.4, 0.5) is 19.0 Å². The summed E-state index contributed by atoms with van der Waals surface area (Å²) in [6, 6.07) is 2.90. The largest absolute Gasteiger partial charge is 0.417 e. The standard InChI is InChI=1S/C11H6Cl3F3N4O2S/c12-6-3-5(11(15,16)17)4-18-10(6)20-21-24(22,23)7-1-2-8(13)19-9(7)14/h1-4,21H,(H,18,20). The fourth-order valence-corrected chi connectivity index (χ4v) is 3.17. The fraction of sp³-hybridized carbons (Fsp3) is 0.0909. The van der Waals surface area contributed by atoms with Gasteiger partial charge >= 0.3 is 6.18 Å². The number of aromatic nitrogens is 2. The van der Waals surface area contributed by atoms with Crippen molar-refractivity contribution in [2.75, 3.05) is 5.43 Å². The normalized spacial score (nSPS) is 12.2. The first kappa shape index (κ1) is 19.0. The zero-order chi connectivity index (χ0) is 18.1. The quantitative estimate of drug-likeness (QED) is 0.580. The molecular weight excluding hydrogens is 416 g/mol. The van der Waals surface area contributed by atoms with Gasteiger partial charge in [-0.15, -0.1) is 4.83 Å². The number of hydrogen-bond acceptors (Lipinski definition) is 5. The third-order valence-electron chi connectivity index (χ3n) is 2.54. The van der Waals surface area contributed by atoms with Crippen molar-refractivity contribution >= 4 is 50.6 Å². The van der Waals surface area contributed by atoms with Crippen molar-refractivity contribution in [3.63, 3.8) is 0 Å². The minimum absolute atomic E-state index is 0.0145. The number of hydrogen-bond donors (Lipinski definition) is 2. The molecule has 0 saturated heterocycles. The zero-order valence-corrected chi connectivity index (χ0v) is 14.3. The molecule has 0 aliphatic carbocycles. The highest BCUT2D eigenvalue weighted by molar-refractivity contribution is 7.89. The Morgan fingerprint density at radius 3 is 2.33 bits per heavy atom. The van der Waals surface area contributed by atoms with Gasteiger partial charge in [-0.2, -0.15) is 13.2 Å². The number of nitrogens with one attached hydrogen (secondary N) is 2. The van der Waals surface area contributed by atoms with Crippen LogP contribution < -0.4 is 10.3 Å². The Morgan fingerprint density at radius 1 is 1.12 bits per heavy atom. The van der Waals surface area contributed by atoms with Gasteiger partial charge in [-0.05, 0) is 18.2 Å². The monoisotopic (exact) mass is 420 g/mol. The van der Waals surface area contributed by atoms with Crippen molar-refractivity contribution < 1.29 is 21.6 Å². The van der Waals surface area contributed by atoms with E-state index in [1.807, 2.05) is 4.83 Å². The second-order valence-electron chi connectivity index (χ2n) is 4.21. The molecule has 6 nitrogen and oxygen atoms in total. The average molecular weight is 422 g/mol. The van der Waals surface area contributed by atoms with Gasteiger partial charge in [-0.25, -0.2) is 18.4 Å². The predicted octanol–water partition coefficient (Wildman–Crippen LogP) is 3.76. The van der Waals surface area contributed by atoms with Crippen molar-refractivity contribution in [1.82, 2.24) is 14.8 Å². The summed E-state index contributed by atoms with van der Waals surface area (Å²) in [5.41, 5.74) is 1.03. The Morgan fingerprint density at radius 2 is 1.79 bits per heavy atom. The molecule has 0 unspecified atom stereocenters. The molecule has 0 radical (unpaired) electrons. The molecule has 0 aliphatic rings. The maximum atomic E-state index is 12.5. The molecule has 0 spiro atoms. The molecule has 0 fully saturated rings. The lowest BCUT2D eigenvalue weighted by Gasteiger charge is -2.12. The number of halogens is 6. The molecule has 2 heterocycles. The molecule has 0 saturated carbocycles. The van der Waals surface area contributed by atoms with E-state index in [4.69, 9.17) is 34.8 Å². The molecule has 0 atom stereocenters. The lowest BCUT2D eigenvalue weighted by atomic mass is 10.3. The van der Waals surface area contributed by atoms with Crippen LogP contribution in [-0.2, 0) is 16.2 Å². The Kier molecular flexibility index (Phi) is 5.45. The van der Waals surface area contributed by atoms with E-state index < -0.39 is 31.7 Å². The van der Waals surface area contributed by atoms with Crippen LogP contribution in [0.5, 0.6) is 0 Å². The van der Waals surface area contributed by atoms with Crippen LogP contribution >= 0.6 is 34.8 Å². The Balaban J connectivity index is 2.21. The second-order valence-corrected chi connectivity index (χ2v) is 7.01. The molecule has 2 N–H and O–H groups in total. The maximum absolute atomic E-state index is 12.5. The molecule has 0 aromatic carbocycles. The van der Waals surface area contributed by atoms with E-state index >= 15 is 0 Å². The van der Waals surface area contributed by atoms with Crippen molar-refractivity contribution in [2.45, 2.75) is 11.1 Å². The highest BCUT2D eigenvalue weighted by atomic mass is 35.5. The van der Waals surface area contributed by atoms with E-state index in [1.54, 1.807) is 0 Å². The van der Waals surface area contributed by atoms with Gasteiger partial charge < -0.3 is 0 Å². The number of pyridine rings is 2. The first-order chi connectivity index (χ1) is 11.0. The first-order valence-corrected chi connectivity index (χ1v) is 8.45. The lowest BCUT2D eigenvalue weighted by molar-refractivity contribution is -0.137. The zero-order valence-electron chi connectivity index (χ0n) is 11.2. The second kappa shape index (κ2) is 6.89. The van der Waals surface area contributed by atoms with E-state index in [1.165, 1.54) is 6.07 Å². The molecule has 130 valence electrons. The molecule has 2 aromatic heterocycles. The molecule has 13 heteroatoms. The summed E-state index contributed by atoms with van der Waals surface area (Å²) in [5.74, 6) is -0.328. The topological polar surface area (TPSA) is 84.0 Å². The molecule has 0 bridgehead atoms. The van der Waals surface area contributed by atoms with E-state index in [2.05, 4.69) is 15.4 Å².